The van der Waals surface area contributed by atoms with Crippen LogP contribution in [-0.2, 0) is 22.1 Å². The summed E-state index contributed by atoms with van der Waals surface area (Å²) in [6.07, 6.45) is 6.37. The molecule has 2 heterocycles. The van der Waals surface area contributed by atoms with Gasteiger partial charge in [0, 0.05) is 31.3 Å². The molecule has 3 aromatic rings. The zero-order valence-electron chi connectivity index (χ0n) is 12.6. The average Bonchev–Trinajstić information content (AvgIpc) is 2.95. The van der Waals surface area contributed by atoms with E-state index < -0.39 is 9.84 Å². The van der Waals surface area contributed by atoms with Gasteiger partial charge in [-0.15, -0.1) is 0 Å². The molecule has 0 aliphatic carbocycles. The Kier molecular flexibility index (Phi) is 4.20. The van der Waals surface area contributed by atoms with E-state index in [1.807, 2.05) is 41.8 Å². The van der Waals surface area contributed by atoms with Crippen LogP contribution < -0.4 is 0 Å². The minimum absolute atomic E-state index is 0.169. The number of nitrogens with zero attached hydrogens (tertiary/aromatic N) is 4. The monoisotopic (exact) mass is 328 g/mol. The minimum Gasteiger partial charge on any atom is -0.330 e. The van der Waals surface area contributed by atoms with Gasteiger partial charge in [-0.3, -0.25) is 0 Å². The summed E-state index contributed by atoms with van der Waals surface area (Å²) in [5, 5.41) is -0.169. The maximum atomic E-state index is 12.4. The SMILES string of the molecule is Cc1cnc(S(=O)(=O)Cc2nccn2Cc2ccccc2)nc1. The van der Waals surface area contributed by atoms with Crippen molar-refractivity contribution >= 4 is 9.84 Å². The number of aryl methyl sites for hydroxylation is 1. The van der Waals surface area contributed by atoms with E-state index in [1.54, 1.807) is 12.4 Å². The summed E-state index contributed by atoms with van der Waals surface area (Å²) in [5.74, 6) is 0.244. The second kappa shape index (κ2) is 6.29. The zero-order valence-corrected chi connectivity index (χ0v) is 13.4. The first-order valence-corrected chi connectivity index (χ1v) is 8.75. The van der Waals surface area contributed by atoms with E-state index in [-0.39, 0.29) is 10.9 Å². The van der Waals surface area contributed by atoms with Gasteiger partial charge in [0.2, 0.25) is 15.0 Å². The van der Waals surface area contributed by atoms with Crippen molar-refractivity contribution in [3.05, 3.63) is 72.1 Å². The smallest absolute Gasteiger partial charge is 0.247 e. The molecule has 0 fully saturated rings. The van der Waals surface area contributed by atoms with Crippen LogP contribution in [-0.4, -0.2) is 27.9 Å². The van der Waals surface area contributed by atoms with Gasteiger partial charge in [-0.1, -0.05) is 30.3 Å². The van der Waals surface area contributed by atoms with Gasteiger partial charge in [0.15, 0.2) is 0 Å². The lowest BCUT2D eigenvalue weighted by Crippen LogP contribution is -2.14. The molecule has 0 radical (unpaired) electrons. The summed E-state index contributed by atoms with van der Waals surface area (Å²) in [6, 6.07) is 9.81. The van der Waals surface area contributed by atoms with Gasteiger partial charge in [-0.2, -0.15) is 0 Å². The third-order valence-electron chi connectivity index (χ3n) is 3.35. The third-order valence-corrected chi connectivity index (χ3v) is 4.76. The lowest BCUT2D eigenvalue weighted by Gasteiger charge is -2.08. The van der Waals surface area contributed by atoms with Gasteiger partial charge in [-0.25, -0.2) is 23.4 Å². The number of hydrogen-bond donors (Lipinski definition) is 0. The van der Waals surface area contributed by atoms with Gasteiger partial charge in [0.1, 0.15) is 11.6 Å². The molecule has 1 aromatic carbocycles. The quantitative estimate of drug-likeness (QED) is 0.670. The van der Waals surface area contributed by atoms with Crippen LogP contribution in [0.15, 0.2) is 60.3 Å². The van der Waals surface area contributed by atoms with E-state index in [0.717, 1.165) is 11.1 Å². The van der Waals surface area contributed by atoms with Gasteiger partial charge in [0.25, 0.3) is 0 Å². The highest BCUT2D eigenvalue weighted by molar-refractivity contribution is 7.90. The number of imidazole rings is 1. The number of sulfone groups is 1. The molecule has 0 aliphatic rings. The fourth-order valence-electron chi connectivity index (χ4n) is 2.18. The number of rotatable bonds is 5. The third kappa shape index (κ3) is 3.62. The van der Waals surface area contributed by atoms with E-state index in [9.17, 15) is 8.42 Å². The Morgan fingerprint density at radius 1 is 1.04 bits per heavy atom. The van der Waals surface area contributed by atoms with Crippen molar-refractivity contribution in [2.24, 2.45) is 0 Å². The molecular weight excluding hydrogens is 312 g/mol. The van der Waals surface area contributed by atoms with Crippen molar-refractivity contribution in [2.75, 3.05) is 0 Å². The molecule has 23 heavy (non-hydrogen) atoms. The van der Waals surface area contributed by atoms with Crippen LogP contribution in [0, 0.1) is 6.92 Å². The first-order chi connectivity index (χ1) is 11.0. The van der Waals surface area contributed by atoms with Gasteiger partial charge in [0.05, 0.1) is 0 Å². The standard InChI is InChI=1S/C16H16N4O2S/c1-13-9-18-16(19-10-13)23(21,22)12-15-17-7-8-20(15)11-14-5-3-2-4-6-14/h2-10H,11-12H2,1H3. The summed E-state index contributed by atoms with van der Waals surface area (Å²) in [4.78, 5) is 12.0. The van der Waals surface area contributed by atoms with Crippen LogP contribution >= 0.6 is 0 Å². The Balaban J connectivity index is 1.83. The first kappa shape index (κ1) is 15.4. The van der Waals surface area contributed by atoms with Crippen molar-refractivity contribution < 1.29 is 8.42 Å². The summed E-state index contributed by atoms with van der Waals surface area (Å²) in [5.41, 5.74) is 1.89. The van der Waals surface area contributed by atoms with Gasteiger partial charge in [-0.05, 0) is 18.1 Å². The highest BCUT2D eigenvalue weighted by Crippen LogP contribution is 2.13. The molecule has 0 N–H and O–H groups in total. The molecule has 0 aliphatic heterocycles. The molecule has 7 heteroatoms. The topological polar surface area (TPSA) is 77.7 Å². The van der Waals surface area contributed by atoms with E-state index in [0.29, 0.717) is 12.4 Å². The lowest BCUT2D eigenvalue weighted by molar-refractivity contribution is 0.582. The molecule has 2 aromatic heterocycles. The second-order valence-corrected chi connectivity index (χ2v) is 7.14. The molecule has 0 amide bonds. The van der Waals surface area contributed by atoms with E-state index in [2.05, 4.69) is 15.0 Å². The predicted molar refractivity (Wildman–Crippen MR) is 85.4 cm³/mol. The number of hydrogen-bond acceptors (Lipinski definition) is 5. The van der Waals surface area contributed by atoms with Crippen LogP contribution in [0.4, 0.5) is 0 Å². The highest BCUT2D eigenvalue weighted by atomic mass is 32.2. The lowest BCUT2D eigenvalue weighted by atomic mass is 10.2. The average molecular weight is 328 g/mol. The zero-order chi connectivity index (χ0) is 16.3. The first-order valence-electron chi connectivity index (χ1n) is 7.10. The Bertz CT molecular complexity index is 887. The Morgan fingerprint density at radius 2 is 1.74 bits per heavy atom. The van der Waals surface area contributed by atoms with Crippen molar-refractivity contribution in [3.8, 4) is 0 Å². The van der Waals surface area contributed by atoms with Crippen molar-refractivity contribution in [1.82, 2.24) is 19.5 Å². The van der Waals surface area contributed by atoms with E-state index >= 15 is 0 Å². The fourth-order valence-corrected chi connectivity index (χ4v) is 3.32. The summed E-state index contributed by atoms with van der Waals surface area (Å²) in [7, 11) is -3.62. The van der Waals surface area contributed by atoms with Crippen LogP contribution in [0.25, 0.3) is 0 Å². The van der Waals surface area contributed by atoms with Crippen molar-refractivity contribution in [2.45, 2.75) is 24.4 Å². The maximum Gasteiger partial charge on any atom is 0.247 e. The van der Waals surface area contributed by atoms with Crippen LogP contribution in [0.5, 0.6) is 0 Å². The molecule has 0 saturated carbocycles. The molecule has 3 rings (SSSR count). The second-order valence-electron chi connectivity index (χ2n) is 5.26. The number of aromatic nitrogens is 4. The van der Waals surface area contributed by atoms with E-state index in [4.69, 9.17) is 0 Å². The largest absolute Gasteiger partial charge is 0.330 e. The molecule has 0 saturated heterocycles. The Hall–Kier alpha value is -2.54. The summed E-state index contributed by atoms with van der Waals surface area (Å²) >= 11 is 0. The normalized spacial score (nSPS) is 11.5. The predicted octanol–water partition coefficient (Wildman–Crippen LogP) is 2.00. The van der Waals surface area contributed by atoms with Crippen LogP contribution in [0.2, 0.25) is 0 Å². The van der Waals surface area contributed by atoms with Crippen LogP contribution in [0.3, 0.4) is 0 Å². The van der Waals surface area contributed by atoms with Crippen molar-refractivity contribution in [1.29, 1.82) is 0 Å². The maximum absolute atomic E-state index is 12.4. The highest BCUT2D eigenvalue weighted by Gasteiger charge is 2.21. The molecule has 0 bridgehead atoms. The molecule has 0 unspecified atom stereocenters. The van der Waals surface area contributed by atoms with Crippen LogP contribution in [0.1, 0.15) is 17.0 Å². The molecule has 0 atom stereocenters. The molecule has 6 nitrogen and oxygen atoms in total. The minimum atomic E-state index is -3.62. The van der Waals surface area contributed by atoms with Gasteiger partial charge < -0.3 is 4.57 Å². The summed E-state index contributed by atoms with van der Waals surface area (Å²) in [6.45, 7) is 2.38. The Morgan fingerprint density at radius 3 is 2.43 bits per heavy atom. The summed E-state index contributed by atoms with van der Waals surface area (Å²) < 4.78 is 26.7. The molecule has 0 spiro atoms. The fraction of sp³-hybridized carbons (Fsp3) is 0.188. The van der Waals surface area contributed by atoms with Crippen molar-refractivity contribution in [3.63, 3.8) is 0 Å². The molecular formula is C16H16N4O2S. The Labute approximate surface area is 134 Å². The number of benzene rings is 1. The molecule has 118 valence electrons. The van der Waals surface area contributed by atoms with E-state index in [1.165, 1.54) is 12.4 Å². The van der Waals surface area contributed by atoms with Gasteiger partial charge >= 0.3 is 0 Å².